The van der Waals surface area contributed by atoms with Gasteiger partial charge < -0.3 is 0 Å². The molecule has 1 aliphatic carbocycles. The zero-order valence-electron chi connectivity index (χ0n) is 30.0. The van der Waals surface area contributed by atoms with E-state index < -0.39 is 5.41 Å². The van der Waals surface area contributed by atoms with E-state index in [2.05, 4.69) is 187 Å². The fourth-order valence-corrected chi connectivity index (χ4v) is 8.35. The Kier molecular flexibility index (Phi) is 8.04. The van der Waals surface area contributed by atoms with Gasteiger partial charge in [-0.05, 0) is 86.0 Å². The third-order valence-electron chi connectivity index (χ3n) is 10.9. The molecule has 258 valence electrons. The van der Waals surface area contributed by atoms with Crippen molar-refractivity contribution in [1.82, 2.24) is 15.0 Å². The predicted octanol–water partition coefficient (Wildman–Crippen LogP) is 12.6. The van der Waals surface area contributed by atoms with E-state index in [0.717, 1.165) is 50.3 Å². The summed E-state index contributed by atoms with van der Waals surface area (Å²) in [5.74, 6) is 0.695. The molecule has 2 heterocycles. The van der Waals surface area contributed by atoms with Gasteiger partial charge in [-0.25, -0.2) is 9.97 Å². The molecule has 0 radical (unpaired) electrons. The SMILES string of the molecule is c1ccc(-c2cc(-c3ccccc3)nc(-c3cccc(-c4cccc(C5(c6cccc(-c7cccnc7)c6)c6ccccc6-c6ccccc65)c4)c3)n2)cc1. The zero-order valence-corrected chi connectivity index (χ0v) is 30.0. The largest absolute Gasteiger partial charge is 0.264 e. The van der Waals surface area contributed by atoms with E-state index in [0.29, 0.717) is 5.82 Å². The van der Waals surface area contributed by atoms with Crippen LogP contribution in [-0.4, -0.2) is 15.0 Å². The number of hydrogen-bond acceptors (Lipinski definition) is 3. The summed E-state index contributed by atoms with van der Waals surface area (Å²) in [4.78, 5) is 14.7. The maximum atomic E-state index is 5.13. The third kappa shape index (κ3) is 5.65. The Hall–Kier alpha value is -7.23. The average Bonchev–Trinajstić information content (AvgIpc) is 3.58. The number of hydrogen-bond donors (Lipinski definition) is 0. The number of aromatic nitrogens is 3. The fraction of sp³-hybridized carbons (Fsp3) is 0.0192. The van der Waals surface area contributed by atoms with E-state index in [4.69, 9.17) is 9.97 Å². The molecule has 0 aliphatic heterocycles. The maximum Gasteiger partial charge on any atom is 0.160 e. The highest BCUT2D eigenvalue weighted by atomic mass is 14.9. The van der Waals surface area contributed by atoms with Crippen molar-refractivity contribution < 1.29 is 0 Å². The van der Waals surface area contributed by atoms with Crippen LogP contribution in [-0.2, 0) is 5.41 Å². The molecule has 0 unspecified atom stereocenters. The third-order valence-corrected chi connectivity index (χ3v) is 10.9. The van der Waals surface area contributed by atoms with Gasteiger partial charge in [0.2, 0.25) is 0 Å². The summed E-state index contributed by atoms with van der Waals surface area (Å²) in [7, 11) is 0. The van der Waals surface area contributed by atoms with Gasteiger partial charge in [-0.3, -0.25) is 4.98 Å². The van der Waals surface area contributed by atoms with Gasteiger partial charge in [-0.1, -0.05) is 170 Å². The molecule has 1 aliphatic rings. The lowest BCUT2D eigenvalue weighted by molar-refractivity contribution is 0.769. The second kappa shape index (κ2) is 13.6. The summed E-state index contributed by atoms with van der Waals surface area (Å²) in [6.07, 6.45) is 3.77. The molecule has 2 aromatic heterocycles. The molecule has 3 heteroatoms. The van der Waals surface area contributed by atoms with Crippen molar-refractivity contribution in [2.24, 2.45) is 0 Å². The maximum absolute atomic E-state index is 5.13. The van der Waals surface area contributed by atoms with Crippen LogP contribution in [0.15, 0.2) is 213 Å². The molecular weight excluding hydrogens is 667 g/mol. The minimum Gasteiger partial charge on any atom is -0.264 e. The zero-order chi connectivity index (χ0) is 36.6. The van der Waals surface area contributed by atoms with Crippen molar-refractivity contribution in [2.45, 2.75) is 5.41 Å². The van der Waals surface area contributed by atoms with Gasteiger partial charge >= 0.3 is 0 Å². The van der Waals surface area contributed by atoms with Crippen LogP contribution in [0.25, 0.3) is 67.3 Å². The molecular formula is C52H35N3. The average molecular weight is 702 g/mol. The van der Waals surface area contributed by atoms with Gasteiger partial charge in [0.25, 0.3) is 0 Å². The first-order valence-corrected chi connectivity index (χ1v) is 18.7. The second-order valence-corrected chi connectivity index (χ2v) is 14.0. The van der Waals surface area contributed by atoms with Crippen molar-refractivity contribution in [2.75, 3.05) is 0 Å². The molecule has 9 aromatic rings. The van der Waals surface area contributed by atoms with Gasteiger partial charge in [0, 0.05) is 29.1 Å². The van der Waals surface area contributed by atoms with E-state index in [-0.39, 0.29) is 0 Å². The summed E-state index contributed by atoms with van der Waals surface area (Å²) >= 11 is 0. The Morgan fingerprint density at radius 2 is 0.782 bits per heavy atom. The lowest BCUT2D eigenvalue weighted by Gasteiger charge is -2.34. The number of pyridine rings is 1. The monoisotopic (exact) mass is 701 g/mol. The minimum atomic E-state index is -0.545. The Morgan fingerprint density at radius 1 is 0.327 bits per heavy atom. The Bertz CT molecular complexity index is 2710. The molecule has 0 saturated heterocycles. The molecule has 10 rings (SSSR count). The van der Waals surface area contributed by atoms with Crippen LogP contribution in [0.1, 0.15) is 22.3 Å². The topological polar surface area (TPSA) is 38.7 Å². The summed E-state index contributed by atoms with van der Waals surface area (Å²) < 4.78 is 0. The van der Waals surface area contributed by atoms with Crippen LogP contribution < -0.4 is 0 Å². The van der Waals surface area contributed by atoms with Crippen molar-refractivity contribution >= 4 is 0 Å². The molecule has 55 heavy (non-hydrogen) atoms. The van der Waals surface area contributed by atoms with Crippen molar-refractivity contribution in [3.05, 3.63) is 235 Å². The van der Waals surface area contributed by atoms with Gasteiger partial charge in [0.15, 0.2) is 5.82 Å². The molecule has 0 atom stereocenters. The normalized spacial score (nSPS) is 12.5. The fourth-order valence-electron chi connectivity index (χ4n) is 8.35. The first kappa shape index (κ1) is 32.4. The number of rotatable bonds is 7. The highest BCUT2D eigenvalue weighted by molar-refractivity contribution is 5.87. The number of nitrogens with zero attached hydrogens (tertiary/aromatic N) is 3. The van der Waals surface area contributed by atoms with Crippen molar-refractivity contribution in [3.63, 3.8) is 0 Å². The Balaban J connectivity index is 1.14. The molecule has 0 bridgehead atoms. The highest BCUT2D eigenvalue weighted by Crippen LogP contribution is 2.56. The van der Waals surface area contributed by atoms with Crippen LogP contribution in [0.2, 0.25) is 0 Å². The van der Waals surface area contributed by atoms with Crippen LogP contribution >= 0.6 is 0 Å². The van der Waals surface area contributed by atoms with E-state index in [1.165, 1.54) is 33.4 Å². The van der Waals surface area contributed by atoms with E-state index in [1.54, 1.807) is 0 Å². The van der Waals surface area contributed by atoms with Crippen LogP contribution in [0.3, 0.4) is 0 Å². The first-order chi connectivity index (χ1) is 27.3. The smallest absolute Gasteiger partial charge is 0.160 e. The Labute approximate surface area is 321 Å². The van der Waals surface area contributed by atoms with Gasteiger partial charge in [0.05, 0.1) is 16.8 Å². The first-order valence-electron chi connectivity index (χ1n) is 18.7. The molecule has 7 aromatic carbocycles. The predicted molar refractivity (Wildman–Crippen MR) is 224 cm³/mol. The van der Waals surface area contributed by atoms with E-state index >= 15 is 0 Å². The summed E-state index contributed by atoms with van der Waals surface area (Å²) in [6, 6.07) is 71.4. The number of benzene rings is 7. The number of fused-ring (bicyclic) bond motifs is 3. The van der Waals surface area contributed by atoms with Crippen LogP contribution in [0, 0.1) is 0 Å². The van der Waals surface area contributed by atoms with Gasteiger partial charge in [-0.15, -0.1) is 0 Å². The van der Waals surface area contributed by atoms with E-state index in [1.807, 2.05) is 30.6 Å². The molecule has 0 fully saturated rings. The van der Waals surface area contributed by atoms with Crippen molar-refractivity contribution in [3.8, 4) is 67.3 Å². The molecule has 0 spiro atoms. The summed E-state index contributed by atoms with van der Waals surface area (Å²) in [5, 5.41) is 0. The molecule has 0 N–H and O–H groups in total. The van der Waals surface area contributed by atoms with Gasteiger partial charge in [-0.2, -0.15) is 0 Å². The highest BCUT2D eigenvalue weighted by Gasteiger charge is 2.46. The van der Waals surface area contributed by atoms with Gasteiger partial charge in [0.1, 0.15) is 0 Å². The van der Waals surface area contributed by atoms with Crippen LogP contribution in [0.5, 0.6) is 0 Å². The summed E-state index contributed by atoms with van der Waals surface area (Å²) in [5.41, 5.74) is 16.3. The molecule has 0 saturated carbocycles. The Morgan fingerprint density at radius 3 is 1.35 bits per heavy atom. The standard InChI is InChI=1S/C52H35N3/c1-3-15-36(16-4-1)49-34-50(37-17-5-2-6-18-37)55-51(54-49)41-22-11-19-38(31-41)39-20-12-24-43(32-39)52(44-25-13-21-40(33-44)42-23-14-30-53-35-42)47-28-9-7-26-45(47)46-27-8-10-29-48(46)52/h1-35H. The van der Waals surface area contributed by atoms with Crippen LogP contribution in [0.4, 0.5) is 0 Å². The van der Waals surface area contributed by atoms with Crippen molar-refractivity contribution in [1.29, 1.82) is 0 Å². The molecule has 0 amide bonds. The van der Waals surface area contributed by atoms with E-state index in [9.17, 15) is 0 Å². The lowest BCUT2D eigenvalue weighted by Crippen LogP contribution is -2.28. The summed E-state index contributed by atoms with van der Waals surface area (Å²) in [6.45, 7) is 0. The quantitative estimate of drug-likeness (QED) is 0.166. The second-order valence-electron chi connectivity index (χ2n) is 14.0. The lowest BCUT2D eigenvalue weighted by atomic mass is 9.67. The molecule has 3 nitrogen and oxygen atoms in total. The minimum absolute atomic E-state index is 0.545.